The van der Waals surface area contributed by atoms with Crippen molar-refractivity contribution < 1.29 is 9.47 Å². The van der Waals surface area contributed by atoms with Gasteiger partial charge in [-0.3, -0.25) is 4.98 Å². The highest BCUT2D eigenvalue weighted by atomic mass is 16.5. The molecule has 1 atom stereocenters. The van der Waals surface area contributed by atoms with Gasteiger partial charge in [-0.05, 0) is 62.2 Å². The Morgan fingerprint density at radius 1 is 1.15 bits per heavy atom. The van der Waals surface area contributed by atoms with Gasteiger partial charge >= 0.3 is 0 Å². The van der Waals surface area contributed by atoms with Gasteiger partial charge in [0.05, 0.1) is 7.11 Å². The molecule has 2 aromatic rings. The number of pyridine rings is 1. The van der Waals surface area contributed by atoms with Crippen molar-refractivity contribution >= 4 is 0 Å². The SMILES string of the molecule is COc1ccc(CNCC(C)CN2CCCC2)cc1OCc1cccnc1. The second kappa shape index (κ2) is 10.3. The number of methoxy groups -OCH3 is 1. The van der Waals surface area contributed by atoms with Crippen molar-refractivity contribution in [2.75, 3.05) is 33.3 Å². The van der Waals surface area contributed by atoms with Crippen molar-refractivity contribution in [3.05, 3.63) is 53.9 Å². The van der Waals surface area contributed by atoms with E-state index in [1.54, 1.807) is 13.3 Å². The first kappa shape index (κ1) is 19.6. The topological polar surface area (TPSA) is 46.6 Å². The Balaban J connectivity index is 1.49. The lowest BCUT2D eigenvalue weighted by atomic mass is 10.1. The van der Waals surface area contributed by atoms with E-state index in [-0.39, 0.29) is 0 Å². The molecule has 146 valence electrons. The van der Waals surface area contributed by atoms with Crippen LogP contribution in [0.1, 0.15) is 30.9 Å². The second-order valence-corrected chi connectivity index (χ2v) is 7.38. The van der Waals surface area contributed by atoms with Crippen molar-refractivity contribution in [3.63, 3.8) is 0 Å². The summed E-state index contributed by atoms with van der Waals surface area (Å²) in [6.45, 7) is 8.37. The average Bonchev–Trinajstić information content (AvgIpc) is 3.20. The third-order valence-electron chi connectivity index (χ3n) is 4.94. The van der Waals surface area contributed by atoms with E-state index >= 15 is 0 Å². The standard InChI is InChI=1S/C22H31N3O2/c1-18(16-25-10-3-4-11-25)13-24-14-19-7-8-21(26-2)22(12-19)27-17-20-6-5-9-23-15-20/h5-9,12,15,18,24H,3-4,10-11,13-14,16-17H2,1-2H3. The van der Waals surface area contributed by atoms with Gasteiger partial charge in [-0.25, -0.2) is 0 Å². The molecule has 5 nitrogen and oxygen atoms in total. The molecule has 0 radical (unpaired) electrons. The zero-order chi connectivity index (χ0) is 18.9. The van der Waals surface area contributed by atoms with Crippen LogP contribution in [0, 0.1) is 5.92 Å². The summed E-state index contributed by atoms with van der Waals surface area (Å²) < 4.78 is 11.4. The predicted molar refractivity (Wildman–Crippen MR) is 108 cm³/mol. The molecule has 27 heavy (non-hydrogen) atoms. The first-order valence-electron chi connectivity index (χ1n) is 9.86. The summed E-state index contributed by atoms with van der Waals surface area (Å²) in [5, 5.41) is 3.58. The summed E-state index contributed by atoms with van der Waals surface area (Å²) in [5.41, 5.74) is 2.24. The number of benzene rings is 1. The van der Waals surface area contributed by atoms with Gasteiger partial charge in [0.2, 0.25) is 0 Å². The van der Waals surface area contributed by atoms with Crippen LogP contribution in [0.4, 0.5) is 0 Å². The summed E-state index contributed by atoms with van der Waals surface area (Å²) in [5.74, 6) is 2.18. The Bertz CT molecular complexity index is 687. The molecule has 0 saturated carbocycles. The summed E-state index contributed by atoms with van der Waals surface area (Å²) in [6, 6.07) is 10.1. The van der Waals surface area contributed by atoms with Crippen LogP contribution in [0.15, 0.2) is 42.7 Å². The normalized spacial score (nSPS) is 15.6. The lowest BCUT2D eigenvalue weighted by Crippen LogP contribution is -2.31. The maximum atomic E-state index is 5.97. The van der Waals surface area contributed by atoms with Crippen LogP contribution in [0.2, 0.25) is 0 Å². The maximum Gasteiger partial charge on any atom is 0.161 e. The molecule has 0 aliphatic carbocycles. The molecule has 3 rings (SSSR count). The zero-order valence-electron chi connectivity index (χ0n) is 16.5. The Labute approximate surface area is 162 Å². The van der Waals surface area contributed by atoms with Crippen molar-refractivity contribution in [1.29, 1.82) is 0 Å². The number of nitrogens with one attached hydrogen (secondary N) is 1. The molecule has 2 heterocycles. The van der Waals surface area contributed by atoms with E-state index in [0.29, 0.717) is 12.5 Å². The third-order valence-corrected chi connectivity index (χ3v) is 4.94. The number of hydrogen-bond acceptors (Lipinski definition) is 5. The smallest absolute Gasteiger partial charge is 0.161 e. The van der Waals surface area contributed by atoms with Crippen LogP contribution in [0.5, 0.6) is 11.5 Å². The lowest BCUT2D eigenvalue weighted by Gasteiger charge is -2.20. The summed E-state index contributed by atoms with van der Waals surface area (Å²) in [6.07, 6.45) is 6.29. The molecule has 1 aliphatic heterocycles. The summed E-state index contributed by atoms with van der Waals surface area (Å²) in [4.78, 5) is 6.70. The molecule has 5 heteroatoms. The number of hydrogen-bond donors (Lipinski definition) is 1. The molecule has 1 aromatic carbocycles. The van der Waals surface area contributed by atoms with Crippen LogP contribution in [0.3, 0.4) is 0 Å². The molecule has 0 amide bonds. The zero-order valence-corrected chi connectivity index (χ0v) is 16.5. The highest BCUT2D eigenvalue weighted by molar-refractivity contribution is 5.43. The van der Waals surface area contributed by atoms with Crippen LogP contribution in [-0.2, 0) is 13.2 Å². The number of likely N-dealkylation sites (tertiary alicyclic amines) is 1. The van der Waals surface area contributed by atoms with Crippen LogP contribution in [-0.4, -0.2) is 43.2 Å². The molecule has 1 N–H and O–H groups in total. The molecule has 1 saturated heterocycles. The fourth-order valence-electron chi connectivity index (χ4n) is 3.52. The summed E-state index contributed by atoms with van der Waals surface area (Å²) in [7, 11) is 1.67. The van der Waals surface area contributed by atoms with Gasteiger partial charge in [-0.1, -0.05) is 19.1 Å². The highest BCUT2D eigenvalue weighted by Gasteiger charge is 2.14. The van der Waals surface area contributed by atoms with E-state index < -0.39 is 0 Å². The fourth-order valence-corrected chi connectivity index (χ4v) is 3.52. The Kier molecular flexibility index (Phi) is 7.48. The minimum Gasteiger partial charge on any atom is -0.493 e. The number of rotatable bonds is 10. The van der Waals surface area contributed by atoms with Crippen molar-refractivity contribution in [2.24, 2.45) is 5.92 Å². The first-order chi connectivity index (χ1) is 13.2. The molecular formula is C22H31N3O2. The van der Waals surface area contributed by atoms with E-state index in [1.807, 2.05) is 24.4 Å². The fraction of sp³-hybridized carbons (Fsp3) is 0.500. The minimum absolute atomic E-state index is 0.480. The van der Waals surface area contributed by atoms with E-state index in [0.717, 1.165) is 30.2 Å². The molecule has 0 bridgehead atoms. The van der Waals surface area contributed by atoms with Gasteiger partial charge in [-0.2, -0.15) is 0 Å². The van der Waals surface area contributed by atoms with Gasteiger partial charge < -0.3 is 19.7 Å². The van der Waals surface area contributed by atoms with E-state index in [1.165, 1.54) is 38.0 Å². The van der Waals surface area contributed by atoms with Gasteiger partial charge in [0.25, 0.3) is 0 Å². The number of ether oxygens (including phenoxy) is 2. The van der Waals surface area contributed by atoms with E-state index in [4.69, 9.17) is 9.47 Å². The molecule has 1 aromatic heterocycles. The third kappa shape index (κ3) is 6.22. The lowest BCUT2D eigenvalue weighted by molar-refractivity contribution is 0.281. The second-order valence-electron chi connectivity index (χ2n) is 7.38. The molecule has 0 spiro atoms. The van der Waals surface area contributed by atoms with Crippen molar-refractivity contribution in [1.82, 2.24) is 15.2 Å². The first-order valence-corrected chi connectivity index (χ1v) is 9.86. The Morgan fingerprint density at radius 2 is 2.00 bits per heavy atom. The highest BCUT2D eigenvalue weighted by Crippen LogP contribution is 2.28. The predicted octanol–water partition coefficient (Wildman–Crippen LogP) is 3.49. The van der Waals surface area contributed by atoms with Gasteiger partial charge in [0.1, 0.15) is 6.61 Å². The Hall–Kier alpha value is -2.11. The quantitative estimate of drug-likeness (QED) is 0.695. The number of aromatic nitrogens is 1. The van der Waals surface area contributed by atoms with Gasteiger partial charge in [-0.15, -0.1) is 0 Å². The molecule has 1 unspecified atom stereocenters. The van der Waals surface area contributed by atoms with Gasteiger partial charge in [0.15, 0.2) is 11.5 Å². The minimum atomic E-state index is 0.480. The van der Waals surface area contributed by atoms with Crippen molar-refractivity contribution in [3.8, 4) is 11.5 Å². The van der Waals surface area contributed by atoms with Crippen LogP contribution < -0.4 is 14.8 Å². The maximum absolute atomic E-state index is 5.97. The van der Waals surface area contributed by atoms with Crippen LogP contribution in [0.25, 0.3) is 0 Å². The molecule has 1 aliphatic rings. The van der Waals surface area contributed by atoms with E-state index in [2.05, 4.69) is 34.3 Å². The van der Waals surface area contributed by atoms with E-state index in [9.17, 15) is 0 Å². The largest absolute Gasteiger partial charge is 0.493 e. The van der Waals surface area contributed by atoms with Crippen molar-refractivity contribution in [2.45, 2.75) is 32.9 Å². The number of nitrogens with zero attached hydrogens (tertiary/aromatic N) is 2. The molecule has 1 fully saturated rings. The molecular weight excluding hydrogens is 338 g/mol. The van der Waals surface area contributed by atoms with Crippen LogP contribution >= 0.6 is 0 Å². The monoisotopic (exact) mass is 369 g/mol. The summed E-state index contributed by atoms with van der Waals surface area (Å²) >= 11 is 0. The van der Waals surface area contributed by atoms with Gasteiger partial charge in [0, 0.05) is 31.0 Å². The average molecular weight is 370 g/mol. The Morgan fingerprint density at radius 3 is 2.74 bits per heavy atom.